The van der Waals surface area contributed by atoms with Crippen molar-refractivity contribution >= 4 is 21.8 Å². The van der Waals surface area contributed by atoms with Gasteiger partial charge in [0.1, 0.15) is 0 Å². The number of aromatic nitrogens is 3. The highest BCUT2D eigenvalue weighted by Crippen LogP contribution is 2.06. The monoisotopic (exact) mass is 287 g/mol. The van der Waals surface area contributed by atoms with Crippen LogP contribution < -0.4 is 15.6 Å². The number of guanidine groups is 1. The van der Waals surface area contributed by atoms with Crippen molar-refractivity contribution in [1.82, 2.24) is 20.2 Å². The molecule has 1 aromatic heterocycles. The normalized spacial score (nSPS) is 11.2. The Balaban J connectivity index is 2.77. The Bertz CT molecular complexity index is 505. The van der Waals surface area contributed by atoms with Gasteiger partial charge in [0.05, 0.1) is 11.9 Å². The highest BCUT2D eigenvalue weighted by atomic mass is 32.2. The van der Waals surface area contributed by atoms with Gasteiger partial charge in [-0.25, -0.2) is 13.4 Å². The molecule has 0 aromatic carbocycles. The molecule has 0 amide bonds. The molecule has 19 heavy (non-hydrogen) atoms. The summed E-state index contributed by atoms with van der Waals surface area (Å²) < 4.78 is 23.6. The number of sulfonamides is 1. The molecular weight excluding hydrogens is 270 g/mol. The summed E-state index contributed by atoms with van der Waals surface area (Å²) in [7, 11) is -3.58. The molecular formula is C9H17N7O2S. The summed E-state index contributed by atoms with van der Waals surface area (Å²) in [5.41, 5.74) is 5.32. The molecule has 0 saturated heterocycles. The lowest BCUT2D eigenvalue weighted by Crippen LogP contribution is -2.50. The molecule has 1 aromatic rings. The molecule has 0 aliphatic rings. The molecule has 0 unspecified atom stereocenters. The number of rotatable bonds is 7. The van der Waals surface area contributed by atoms with Crippen molar-refractivity contribution in [1.29, 1.82) is 5.41 Å². The second kappa shape index (κ2) is 6.95. The quantitative estimate of drug-likeness (QED) is 0.268. The van der Waals surface area contributed by atoms with Crippen LogP contribution in [0.15, 0.2) is 12.3 Å². The van der Waals surface area contributed by atoms with Crippen LogP contribution in [-0.4, -0.2) is 35.5 Å². The van der Waals surface area contributed by atoms with E-state index >= 15 is 0 Å². The standard InChI is InChI=1S/C9H17N7O2S/c1-2-3-4-7-19(17,18)15-16(9(10)11)8-5-6-12-14-13-8/h5-6,15H,2-4,7H2,1H3,(H3,10,11). The fourth-order valence-corrected chi connectivity index (χ4v) is 2.45. The average Bonchev–Trinajstić information content (AvgIpc) is 2.37. The zero-order valence-corrected chi connectivity index (χ0v) is 11.4. The average molecular weight is 287 g/mol. The van der Waals surface area contributed by atoms with Gasteiger partial charge in [-0.3, -0.25) is 5.41 Å². The van der Waals surface area contributed by atoms with Crippen molar-refractivity contribution in [3.05, 3.63) is 12.3 Å². The number of hydrogen-bond donors (Lipinski definition) is 3. The number of nitrogens with two attached hydrogens (primary N) is 1. The van der Waals surface area contributed by atoms with Crippen molar-refractivity contribution in [2.75, 3.05) is 10.8 Å². The molecule has 10 heteroatoms. The second-order valence-corrected chi connectivity index (χ2v) is 5.64. The molecule has 4 N–H and O–H groups in total. The zero-order valence-electron chi connectivity index (χ0n) is 10.6. The van der Waals surface area contributed by atoms with Gasteiger partial charge in [0.2, 0.25) is 16.0 Å². The van der Waals surface area contributed by atoms with Crippen LogP contribution in [0.3, 0.4) is 0 Å². The van der Waals surface area contributed by atoms with Crippen LogP contribution >= 0.6 is 0 Å². The predicted octanol–water partition coefficient (Wildman–Crippen LogP) is -0.404. The van der Waals surface area contributed by atoms with Crippen LogP contribution in [0.1, 0.15) is 26.2 Å². The van der Waals surface area contributed by atoms with Gasteiger partial charge in [-0.05, 0) is 11.6 Å². The molecule has 0 radical (unpaired) electrons. The molecule has 1 heterocycles. The van der Waals surface area contributed by atoms with Crippen molar-refractivity contribution in [2.24, 2.45) is 5.73 Å². The fourth-order valence-electron chi connectivity index (χ4n) is 1.30. The van der Waals surface area contributed by atoms with E-state index in [1.54, 1.807) is 0 Å². The number of hydrazine groups is 1. The topological polar surface area (TPSA) is 138 Å². The zero-order chi connectivity index (χ0) is 14.3. The van der Waals surface area contributed by atoms with Gasteiger partial charge in [-0.2, -0.15) is 0 Å². The third-order valence-corrected chi connectivity index (χ3v) is 3.49. The van der Waals surface area contributed by atoms with Crippen LogP contribution in [0.2, 0.25) is 0 Å². The lowest BCUT2D eigenvalue weighted by atomic mass is 10.3. The minimum atomic E-state index is -3.58. The van der Waals surface area contributed by atoms with Crippen LogP contribution in [-0.2, 0) is 10.0 Å². The Hall–Kier alpha value is -1.81. The van der Waals surface area contributed by atoms with E-state index in [-0.39, 0.29) is 11.6 Å². The Morgan fingerprint density at radius 3 is 2.79 bits per heavy atom. The van der Waals surface area contributed by atoms with Crippen LogP contribution in [0, 0.1) is 5.41 Å². The fraction of sp³-hybridized carbons (Fsp3) is 0.556. The Morgan fingerprint density at radius 2 is 2.26 bits per heavy atom. The summed E-state index contributed by atoms with van der Waals surface area (Å²) in [5.74, 6) is -0.454. The summed E-state index contributed by atoms with van der Waals surface area (Å²) >= 11 is 0. The van der Waals surface area contributed by atoms with E-state index in [1.165, 1.54) is 12.3 Å². The third kappa shape index (κ3) is 5.14. The largest absolute Gasteiger partial charge is 0.369 e. The molecule has 0 bridgehead atoms. The van der Waals surface area contributed by atoms with Crippen LogP contribution in [0.5, 0.6) is 0 Å². The highest BCUT2D eigenvalue weighted by molar-refractivity contribution is 7.89. The van der Waals surface area contributed by atoms with Gasteiger partial charge in [0.25, 0.3) is 0 Å². The molecule has 9 nitrogen and oxygen atoms in total. The van der Waals surface area contributed by atoms with Crippen molar-refractivity contribution in [2.45, 2.75) is 26.2 Å². The molecule has 106 valence electrons. The Morgan fingerprint density at radius 1 is 1.53 bits per heavy atom. The van der Waals surface area contributed by atoms with Crippen LogP contribution in [0.25, 0.3) is 0 Å². The number of hydrogen-bond acceptors (Lipinski definition) is 6. The van der Waals surface area contributed by atoms with E-state index in [9.17, 15) is 8.42 Å². The first-order chi connectivity index (χ1) is 8.96. The van der Waals surface area contributed by atoms with E-state index in [0.717, 1.165) is 17.9 Å². The molecule has 1 rings (SSSR count). The van der Waals surface area contributed by atoms with E-state index in [1.807, 2.05) is 6.92 Å². The first-order valence-electron chi connectivity index (χ1n) is 5.75. The predicted molar refractivity (Wildman–Crippen MR) is 70.7 cm³/mol. The molecule has 0 aliphatic carbocycles. The van der Waals surface area contributed by atoms with Gasteiger partial charge in [-0.1, -0.05) is 19.8 Å². The number of unbranched alkanes of at least 4 members (excludes halogenated alkanes) is 2. The van der Waals surface area contributed by atoms with E-state index in [2.05, 4.69) is 20.2 Å². The van der Waals surface area contributed by atoms with Gasteiger partial charge in [0, 0.05) is 6.07 Å². The molecule has 0 aliphatic heterocycles. The highest BCUT2D eigenvalue weighted by Gasteiger charge is 2.19. The maximum atomic E-state index is 11.8. The van der Waals surface area contributed by atoms with E-state index in [0.29, 0.717) is 6.42 Å². The second-order valence-electron chi connectivity index (χ2n) is 3.82. The third-order valence-electron chi connectivity index (χ3n) is 2.21. The minimum absolute atomic E-state index is 0.0386. The van der Waals surface area contributed by atoms with Crippen molar-refractivity contribution in [3.63, 3.8) is 0 Å². The smallest absolute Gasteiger partial charge is 0.228 e. The summed E-state index contributed by atoms with van der Waals surface area (Å²) in [6.45, 7) is 1.98. The van der Waals surface area contributed by atoms with Gasteiger partial charge >= 0.3 is 0 Å². The maximum Gasteiger partial charge on any atom is 0.228 e. The molecule has 0 atom stereocenters. The Kier molecular flexibility index (Phi) is 5.57. The minimum Gasteiger partial charge on any atom is -0.369 e. The first kappa shape index (κ1) is 15.2. The summed E-state index contributed by atoms with van der Waals surface area (Å²) in [5, 5.41) is 18.6. The summed E-state index contributed by atoms with van der Waals surface area (Å²) in [6, 6.07) is 1.39. The molecule has 0 saturated carbocycles. The first-order valence-corrected chi connectivity index (χ1v) is 7.40. The van der Waals surface area contributed by atoms with Gasteiger partial charge < -0.3 is 5.73 Å². The van der Waals surface area contributed by atoms with Crippen molar-refractivity contribution < 1.29 is 8.42 Å². The van der Waals surface area contributed by atoms with E-state index in [4.69, 9.17) is 11.1 Å². The van der Waals surface area contributed by atoms with E-state index < -0.39 is 16.0 Å². The van der Waals surface area contributed by atoms with Gasteiger partial charge in [-0.15, -0.1) is 15.0 Å². The SMILES string of the molecule is CCCCCS(=O)(=O)NN(C(=N)N)c1ccnnn1. The van der Waals surface area contributed by atoms with Crippen LogP contribution in [0.4, 0.5) is 5.82 Å². The summed E-state index contributed by atoms with van der Waals surface area (Å²) in [6.07, 6.45) is 3.60. The number of nitrogens with one attached hydrogen (secondary N) is 2. The molecule has 0 fully saturated rings. The van der Waals surface area contributed by atoms with Gasteiger partial charge in [0.15, 0.2) is 5.82 Å². The molecule has 0 spiro atoms. The van der Waals surface area contributed by atoms with Crippen molar-refractivity contribution in [3.8, 4) is 0 Å². The number of nitrogens with zero attached hydrogens (tertiary/aromatic N) is 4. The Labute approximate surface area is 111 Å². The number of anilines is 1. The lowest BCUT2D eigenvalue weighted by molar-refractivity contribution is 0.577. The summed E-state index contributed by atoms with van der Waals surface area (Å²) in [4.78, 5) is 2.19. The lowest BCUT2D eigenvalue weighted by Gasteiger charge is -2.20. The maximum absolute atomic E-state index is 11.8.